The molecule has 2 rings (SSSR count). The summed E-state index contributed by atoms with van der Waals surface area (Å²) in [6, 6.07) is 7.61. The molecule has 0 aliphatic carbocycles. The molecule has 1 aromatic heterocycles. The summed E-state index contributed by atoms with van der Waals surface area (Å²) in [7, 11) is 0. The molecule has 0 fully saturated rings. The number of nitrogens with zero attached hydrogens (tertiary/aromatic N) is 1. The summed E-state index contributed by atoms with van der Waals surface area (Å²) in [6.45, 7) is 0. The first kappa shape index (κ1) is 13.2. The van der Waals surface area contributed by atoms with Crippen molar-refractivity contribution in [1.29, 1.82) is 0 Å². The number of halogens is 3. The molecule has 2 aromatic rings. The van der Waals surface area contributed by atoms with Crippen LogP contribution in [0, 0.1) is 5.82 Å². The molecule has 0 atom stereocenters. The monoisotopic (exact) mass is 372 g/mol. The topological polar surface area (TPSA) is 42.0 Å². The largest absolute Gasteiger partial charge is 0.306 e. The van der Waals surface area contributed by atoms with Gasteiger partial charge in [0.05, 0.1) is 5.56 Å². The number of hydrogen-bond acceptors (Lipinski definition) is 2. The first-order valence-corrected chi connectivity index (χ1v) is 6.53. The number of nitrogens with one attached hydrogen (secondary N) is 1. The fourth-order valence-corrected chi connectivity index (χ4v) is 1.87. The lowest BCUT2D eigenvalue weighted by atomic mass is 10.2. The maximum Gasteiger partial charge on any atom is 0.259 e. The van der Waals surface area contributed by atoms with E-state index in [2.05, 4.69) is 42.2 Å². The SMILES string of the molecule is O=C(Nc1ccc(Br)cn1)c1ccc(Br)cc1F. The highest BCUT2D eigenvalue weighted by atomic mass is 79.9. The minimum absolute atomic E-state index is 0.0251. The molecule has 0 radical (unpaired) electrons. The van der Waals surface area contributed by atoms with Gasteiger partial charge < -0.3 is 5.32 Å². The summed E-state index contributed by atoms with van der Waals surface area (Å²) in [4.78, 5) is 15.8. The van der Waals surface area contributed by atoms with E-state index in [4.69, 9.17) is 0 Å². The first-order valence-electron chi connectivity index (χ1n) is 4.94. The van der Waals surface area contributed by atoms with Gasteiger partial charge >= 0.3 is 0 Å². The summed E-state index contributed by atoms with van der Waals surface area (Å²) < 4.78 is 14.9. The van der Waals surface area contributed by atoms with E-state index >= 15 is 0 Å². The zero-order valence-electron chi connectivity index (χ0n) is 8.95. The standard InChI is InChI=1S/C12H7Br2FN2O/c13-7-1-3-9(10(15)5-7)12(18)17-11-4-2-8(14)6-16-11/h1-6H,(H,16,17,18). The summed E-state index contributed by atoms with van der Waals surface area (Å²) >= 11 is 6.37. The van der Waals surface area contributed by atoms with Crippen molar-refractivity contribution >= 4 is 43.6 Å². The Morgan fingerprint density at radius 3 is 2.50 bits per heavy atom. The number of anilines is 1. The average Bonchev–Trinajstić information content (AvgIpc) is 2.32. The second kappa shape index (κ2) is 5.58. The molecule has 1 N–H and O–H groups in total. The van der Waals surface area contributed by atoms with E-state index < -0.39 is 11.7 Å². The van der Waals surface area contributed by atoms with Gasteiger partial charge in [-0.05, 0) is 46.3 Å². The second-order valence-corrected chi connectivity index (χ2v) is 5.27. The van der Waals surface area contributed by atoms with Gasteiger partial charge in [0.2, 0.25) is 0 Å². The van der Waals surface area contributed by atoms with Crippen molar-refractivity contribution in [3.63, 3.8) is 0 Å². The van der Waals surface area contributed by atoms with Crippen LogP contribution >= 0.6 is 31.9 Å². The number of amides is 1. The molecule has 1 amide bonds. The number of aromatic nitrogens is 1. The van der Waals surface area contributed by atoms with E-state index in [1.807, 2.05) is 0 Å². The third-order valence-corrected chi connectivity index (χ3v) is 3.11. The van der Waals surface area contributed by atoms with Gasteiger partial charge in [0, 0.05) is 15.1 Å². The van der Waals surface area contributed by atoms with Gasteiger partial charge in [-0.3, -0.25) is 4.79 Å². The number of carbonyl (C=O) groups excluding carboxylic acids is 1. The second-order valence-electron chi connectivity index (χ2n) is 3.44. The summed E-state index contributed by atoms with van der Waals surface area (Å²) in [6.07, 6.45) is 1.55. The highest BCUT2D eigenvalue weighted by molar-refractivity contribution is 9.10. The van der Waals surface area contributed by atoms with Crippen molar-refractivity contribution in [2.75, 3.05) is 5.32 Å². The number of pyridine rings is 1. The molecule has 0 aliphatic heterocycles. The highest BCUT2D eigenvalue weighted by Crippen LogP contribution is 2.17. The van der Waals surface area contributed by atoms with Gasteiger partial charge in [-0.15, -0.1) is 0 Å². The van der Waals surface area contributed by atoms with Crippen LogP contribution in [0.1, 0.15) is 10.4 Å². The van der Waals surface area contributed by atoms with Crippen LogP contribution in [-0.2, 0) is 0 Å². The van der Waals surface area contributed by atoms with Crippen molar-refractivity contribution in [3.8, 4) is 0 Å². The van der Waals surface area contributed by atoms with Gasteiger partial charge in [0.1, 0.15) is 11.6 Å². The van der Waals surface area contributed by atoms with Gasteiger partial charge in [0.15, 0.2) is 0 Å². The Morgan fingerprint density at radius 2 is 1.89 bits per heavy atom. The lowest BCUT2D eigenvalue weighted by Crippen LogP contribution is -2.14. The fraction of sp³-hybridized carbons (Fsp3) is 0. The third-order valence-electron chi connectivity index (χ3n) is 2.14. The lowest BCUT2D eigenvalue weighted by Gasteiger charge is -2.05. The van der Waals surface area contributed by atoms with Crippen molar-refractivity contribution < 1.29 is 9.18 Å². The molecule has 92 valence electrons. The van der Waals surface area contributed by atoms with Crippen molar-refractivity contribution in [2.24, 2.45) is 0 Å². The van der Waals surface area contributed by atoms with Crippen LogP contribution in [0.5, 0.6) is 0 Å². The first-order chi connectivity index (χ1) is 8.56. The zero-order chi connectivity index (χ0) is 13.1. The maximum absolute atomic E-state index is 13.5. The van der Waals surface area contributed by atoms with Crippen molar-refractivity contribution in [1.82, 2.24) is 4.98 Å². The summed E-state index contributed by atoms with van der Waals surface area (Å²) in [5.41, 5.74) is -0.0251. The molecule has 1 heterocycles. The van der Waals surface area contributed by atoms with Crippen molar-refractivity contribution in [2.45, 2.75) is 0 Å². The van der Waals surface area contributed by atoms with Gasteiger partial charge in [0.25, 0.3) is 5.91 Å². The predicted octanol–water partition coefficient (Wildman–Crippen LogP) is 4.00. The average molecular weight is 374 g/mol. The molecule has 0 saturated carbocycles. The number of benzene rings is 1. The maximum atomic E-state index is 13.5. The number of hydrogen-bond donors (Lipinski definition) is 1. The number of carbonyl (C=O) groups is 1. The van der Waals surface area contributed by atoms with Crippen LogP contribution in [0.2, 0.25) is 0 Å². The predicted molar refractivity (Wildman–Crippen MR) is 74.0 cm³/mol. The zero-order valence-corrected chi connectivity index (χ0v) is 12.1. The summed E-state index contributed by atoms with van der Waals surface area (Å²) in [5.74, 6) is -0.751. The minimum atomic E-state index is -0.584. The number of rotatable bonds is 2. The van der Waals surface area contributed by atoms with Crippen LogP contribution in [0.4, 0.5) is 10.2 Å². The van der Waals surface area contributed by atoms with Crippen LogP contribution < -0.4 is 5.32 Å². The van der Waals surface area contributed by atoms with Crippen LogP contribution in [0.3, 0.4) is 0 Å². The molecular weight excluding hydrogens is 367 g/mol. The van der Waals surface area contributed by atoms with E-state index in [-0.39, 0.29) is 5.56 Å². The van der Waals surface area contributed by atoms with E-state index in [1.165, 1.54) is 12.1 Å². The Morgan fingerprint density at radius 1 is 1.17 bits per heavy atom. The Labute approximate surface area is 120 Å². The Bertz CT molecular complexity index is 587. The molecule has 0 spiro atoms. The molecule has 6 heteroatoms. The Hall–Kier alpha value is -1.27. The van der Waals surface area contributed by atoms with E-state index in [9.17, 15) is 9.18 Å². The van der Waals surface area contributed by atoms with Gasteiger partial charge in [-0.25, -0.2) is 9.37 Å². The van der Waals surface area contributed by atoms with E-state index in [1.54, 1.807) is 24.4 Å². The highest BCUT2D eigenvalue weighted by Gasteiger charge is 2.12. The van der Waals surface area contributed by atoms with E-state index in [0.29, 0.717) is 10.3 Å². The fourth-order valence-electron chi connectivity index (χ4n) is 1.31. The Balaban J connectivity index is 2.19. The molecule has 3 nitrogen and oxygen atoms in total. The normalized spacial score (nSPS) is 10.2. The quantitative estimate of drug-likeness (QED) is 0.864. The van der Waals surface area contributed by atoms with Crippen LogP contribution in [0.15, 0.2) is 45.5 Å². The molecule has 0 bridgehead atoms. The molecule has 0 unspecified atom stereocenters. The molecule has 1 aromatic carbocycles. The molecular formula is C12H7Br2FN2O. The Kier molecular flexibility index (Phi) is 4.08. The molecule has 0 aliphatic rings. The van der Waals surface area contributed by atoms with Gasteiger partial charge in [-0.1, -0.05) is 15.9 Å². The third kappa shape index (κ3) is 3.14. The minimum Gasteiger partial charge on any atom is -0.306 e. The smallest absolute Gasteiger partial charge is 0.259 e. The molecule has 18 heavy (non-hydrogen) atoms. The van der Waals surface area contributed by atoms with Crippen LogP contribution in [0.25, 0.3) is 0 Å². The molecule has 0 saturated heterocycles. The van der Waals surface area contributed by atoms with Crippen LogP contribution in [-0.4, -0.2) is 10.9 Å². The van der Waals surface area contributed by atoms with E-state index in [0.717, 1.165) is 4.47 Å². The van der Waals surface area contributed by atoms with Gasteiger partial charge in [-0.2, -0.15) is 0 Å². The van der Waals surface area contributed by atoms with Crippen molar-refractivity contribution in [3.05, 3.63) is 56.9 Å². The summed E-state index contributed by atoms with van der Waals surface area (Å²) in [5, 5.41) is 2.52. The lowest BCUT2D eigenvalue weighted by molar-refractivity contribution is 0.102.